The Kier molecular flexibility index (Phi) is 4.76. The maximum absolute atomic E-state index is 12.2. The van der Waals surface area contributed by atoms with Gasteiger partial charge >= 0.3 is 6.18 Å². The first-order chi connectivity index (χ1) is 8.21. The smallest absolute Gasteiger partial charge is 0.386 e. The average Bonchev–Trinajstić information content (AvgIpc) is 2.27. The SMILES string of the molecule is Cc1ccc(C)c(C(O)COC(C)C(F)(F)F)c1. The third-order valence-corrected chi connectivity index (χ3v) is 2.76. The normalized spacial score (nSPS) is 15.5. The van der Waals surface area contributed by atoms with Crippen molar-refractivity contribution in [3.63, 3.8) is 0 Å². The molecule has 0 aliphatic rings. The molecule has 0 saturated heterocycles. The quantitative estimate of drug-likeness (QED) is 0.902. The molecule has 1 rings (SSSR count). The van der Waals surface area contributed by atoms with E-state index in [0.717, 1.165) is 18.1 Å². The Balaban J connectivity index is 2.66. The van der Waals surface area contributed by atoms with E-state index < -0.39 is 18.4 Å². The summed E-state index contributed by atoms with van der Waals surface area (Å²) in [6.45, 7) is 4.21. The number of aliphatic hydroxyl groups is 1. The molecule has 0 aliphatic heterocycles. The van der Waals surface area contributed by atoms with E-state index in [1.54, 1.807) is 13.0 Å². The van der Waals surface area contributed by atoms with Gasteiger partial charge in [-0.15, -0.1) is 0 Å². The van der Waals surface area contributed by atoms with Crippen LogP contribution in [0.15, 0.2) is 18.2 Å². The maximum Gasteiger partial charge on any atom is 0.414 e. The van der Waals surface area contributed by atoms with Gasteiger partial charge in [-0.1, -0.05) is 23.8 Å². The number of rotatable bonds is 4. The van der Waals surface area contributed by atoms with Crippen LogP contribution in [0.5, 0.6) is 0 Å². The molecule has 5 heteroatoms. The molecule has 2 atom stereocenters. The summed E-state index contributed by atoms with van der Waals surface area (Å²) in [7, 11) is 0. The highest BCUT2D eigenvalue weighted by Crippen LogP contribution is 2.25. The lowest BCUT2D eigenvalue weighted by Gasteiger charge is -2.20. The molecule has 0 bridgehead atoms. The van der Waals surface area contributed by atoms with Crippen LogP contribution in [0, 0.1) is 13.8 Å². The van der Waals surface area contributed by atoms with Gasteiger partial charge in [-0.25, -0.2) is 0 Å². The van der Waals surface area contributed by atoms with Crippen LogP contribution < -0.4 is 0 Å². The topological polar surface area (TPSA) is 29.5 Å². The molecule has 1 N–H and O–H groups in total. The minimum atomic E-state index is -4.40. The predicted molar refractivity (Wildman–Crippen MR) is 62.3 cm³/mol. The zero-order valence-corrected chi connectivity index (χ0v) is 10.6. The second-order valence-corrected chi connectivity index (χ2v) is 4.39. The number of benzene rings is 1. The lowest BCUT2D eigenvalue weighted by molar-refractivity contribution is -0.219. The molecular weight excluding hydrogens is 245 g/mol. The summed E-state index contributed by atoms with van der Waals surface area (Å²) in [6, 6.07) is 5.45. The minimum Gasteiger partial charge on any atom is -0.386 e. The zero-order valence-electron chi connectivity index (χ0n) is 10.6. The Morgan fingerprint density at radius 2 is 1.89 bits per heavy atom. The molecular formula is C13H17F3O2. The van der Waals surface area contributed by atoms with Crippen LogP contribution >= 0.6 is 0 Å². The summed E-state index contributed by atoms with van der Waals surface area (Å²) in [5.74, 6) is 0. The largest absolute Gasteiger partial charge is 0.414 e. The standard InChI is InChI=1S/C13H17F3O2/c1-8-4-5-9(2)11(6-8)12(17)7-18-10(3)13(14,15)16/h4-6,10,12,17H,7H2,1-3H3. The van der Waals surface area contributed by atoms with Gasteiger partial charge in [-0.3, -0.25) is 0 Å². The van der Waals surface area contributed by atoms with Gasteiger partial charge in [0.15, 0.2) is 6.10 Å². The van der Waals surface area contributed by atoms with Crippen molar-refractivity contribution < 1.29 is 23.0 Å². The van der Waals surface area contributed by atoms with Crippen LogP contribution in [0.1, 0.15) is 29.7 Å². The summed E-state index contributed by atoms with van der Waals surface area (Å²) in [5.41, 5.74) is 2.37. The Morgan fingerprint density at radius 1 is 1.28 bits per heavy atom. The van der Waals surface area contributed by atoms with Crippen LogP contribution in [-0.4, -0.2) is 24.0 Å². The minimum absolute atomic E-state index is 0.370. The van der Waals surface area contributed by atoms with Gasteiger partial charge in [0.1, 0.15) is 6.10 Å². The van der Waals surface area contributed by atoms with Gasteiger partial charge in [0, 0.05) is 0 Å². The Hall–Kier alpha value is -1.07. The maximum atomic E-state index is 12.2. The molecule has 0 aromatic heterocycles. The Bertz CT molecular complexity index is 402. The van der Waals surface area contributed by atoms with E-state index in [1.807, 2.05) is 19.1 Å². The molecule has 18 heavy (non-hydrogen) atoms. The number of alkyl halides is 3. The molecule has 2 unspecified atom stereocenters. The number of aryl methyl sites for hydroxylation is 2. The van der Waals surface area contributed by atoms with Crippen molar-refractivity contribution in [3.8, 4) is 0 Å². The molecule has 0 heterocycles. The van der Waals surface area contributed by atoms with Gasteiger partial charge < -0.3 is 9.84 Å². The van der Waals surface area contributed by atoms with Gasteiger partial charge in [0.2, 0.25) is 0 Å². The fraction of sp³-hybridized carbons (Fsp3) is 0.538. The van der Waals surface area contributed by atoms with Crippen molar-refractivity contribution in [2.45, 2.75) is 39.2 Å². The third kappa shape index (κ3) is 3.99. The van der Waals surface area contributed by atoms with E-state index in [0.29, 0.717) is 5.56 Å². The van der Waals surface area contributed by atoms with Gasteiger partial charge in [0.25, 0.3) is 0 Å². The third-order valence-electron chi connectivity index (χ3n) is 2.76. The fourth-order valence-electron chi connectivity index (χ4n) is 1.54. The van der Waals surface area contributed by atoms with Crippen LogP contribution in [0.3, 0.4) is 0 Å². The Labute approximate surface area is 104 Å². The highest BCUT2D eigenvalue weighted by atomic mass is 19.4. The second kappa shape index (κ2) is 5.71. The molecule has 0 fully saturated rings. The second-order valence-electron chi connectivity index (χ2n) is 4.39. The fourth-order valence-corrected chi connectivity index (χ4v) is 1.54. The van der Waals surface area contributed by atoms with Crippen molar-refractivity contribution in [3.05, 3.63) is 34.9 Å². The summed E-state index contributed by atoms with van der Waals surface area (Å²) in [4.78, 5) is 0. The van der Waals surface area contributed by atoms with Crippen LogP contribution in [-0.2, 0) is 4.74 Å². The van der Waals surface area contributed by atoms with Crippen molar-refractivity contribution in [1.29, 1.82) is 0 Å². The van der Waals surface area contributed by atoms with Crippen molar-refractivity contribution >= 4 is 0 Å². The van der Waals surface area contributed by atoms with Gasteiger partial charge in [0.05, 0.1) is 6.61 Å². The summed E-state index contributed by atoms with van der Waals surface area (Å²) < 4.78 is 41.4. The molecule has 0 spiro atoms. The summed E-state index contributed by atoms with van der Waals surface area (Å²) in [5, 5.41) is 9.85. The molecule has 1 aromatic rings. The molecule has 102 valence electrons. The van der Waals surface area contributed by atoms with E-state index >= 15 is 0 Å². The highest BCUT2D eigenvalue weighted by molar-refractivity contribution is 5.32. The summed E-state index contributed by atoms with van der Waals surface area (Å²) >= 11 is 0. The van der Waals surface area contributed by atoms with Crippen molar-refractivity contribution in [1.82, 2.24) is 0 Å². The number of hydrogen-bond donors (Lipinski definition) is 1. The number of halogens is 3. The molecule has 1 aromatic carbocycles. The number of ether oxygens (including phenoxy) is 1. The first kappa shape index (κ1) is 15.0. The molecule has 0 aliphatic carbocycles. The molecule has 2 nitrogen and oxygen atoms in total. The van der Waals surface area contributed by atoms with E-state index in [-0.39, 0.29) is 6.61 Å². The molecule has 0 radical (unpaired) electrons. The lowest BCUT2D eigenvalue weighted by Crippen LogP contribution is -2.30. The van der Waals surface area contributed by atoms with Gasteiger partial charge in [-0.05, 0) is 31.9 Å². The van der Waals surface area contributed by atoms with E-state index in [4.69, 9.17) is 0 Å². The van der Waals surface area contributed by atoms with Crippen LogP contribution in [0.25, 0.3) is 0 Å². The predicted octanol–water partition coefficient (Wildman–Crippen LogP) is 3.30. The van der Waals surface area contributed by atoms with E-state index in [2.05, 4.69) is 4.74 Å². The zero-order chi connectivity index (χ0) is 13.9. The first-order valence-corrected chi connectivity index (χ1v) is 5.65. The lowest BCUT2D eigenvalue weighted by atomic mass is 10.0. The van der Waals surface area contributed by atoms with Crippen LogP contribution in [0.2, 0.25) is 0 Å². The Morgan fingerprint density at radius 3 is 2.44 bits per heavy atom. The number of aliphatic hydroxyl groups excluding tert-OH is 1. The van der Waals surface area contributed by atoms with E-state index in [9.17, 15) is 18.3 Å². The average molecular weight is 262 g/mol. The first-order valence-electron chi connectivity index (χ1n) is 5.65. The molecule has 0 amide bonds. The monoisotopic (exact) mass is 262 g/mol. The van der Waals surface area contributed by atoms with Crippen molar-refractivity contribution in [2.75, 3.05) is 6.61 Å². The number of hydrogen-bond acceptors (Lipinski definition) is 2. The van der Waals surface area contributed by atoms with Gasteiger partial charge in [-0.2, -0.15) is 13.2 Å². The van der Waals surface area contributed by atoms with Crippen molar-refractivity contribution in [2.24, 2.45) is 0 Å². The van der Waals surface area contributed by atoms with E-state index in [1.165, 1.54) is 0 Å². The molecule has 0 saturated carbocycles. The highest BCUT2D eigenvalue weighted by Gasteiger charge is 2.37. The van der Waals surface area contributed by atoms with Crippen LogP contribution in [0.4, 0.5) is 13.2 Å². The summed E-state index contributed by atoms with van der Waals surface area (Å²) in [6.07, 6.45) is -7.33.